The molecule has 0 bridgehead atoms. The topological polar surface area (TPSA) is 56.2 Å². The molecule has 0 spiro atoms. The normalized spacial score (nSPS) is 18.8. The van der Waals surface area contributed by atoms with E-state index in [-0.39, 0.29) is 25.4 Å². The largest absolute Gasteiger partial charge is 0.454 e. The Bertz CT molecular complexity index is 817. The highest BCUT2D eigenvalue weighted by Crippen LogP contribution is 2.33. The molecule has 0 aliphatic carbocycles. The minimum Gasteiger partial charge on any atom is -0.454 e. The van der Waals surface area contributed by atoms with Gasteiger partial charge in [-0.3, -0.25) is 9.69 Å². The molecule has 0 radical (unpaired) electrons. The first kappa shape index (κ1) is 17.9. The first-order chi connectivity index (χ1) is 13.1. The maximum absolute atomic E-state index is 11.9. The molecule has 3 heterocycles. The van der Waals surface area contributed by atoms with E-state index in [0.29, 0.717) is 0 Å². The maximum atomic E-state index is 11.9. The van der Waals surface area contributed by atoms with Crippen molar-refractivity contribution in [1.29, 1.82) is 0 Å². The fourth-order valence-electron chi connectivity index (χ4n) is 3.47. The predicted molar refractivity (Wildman–Crippen MR) is 99.5 cm³/mol. The lowest BCUT2D eigenvalue weighted by molar-refractivity contribution is -0.136. The van der Waals surface area contributed by atoms with Gasteiger partial charge in [0.15, 0.2) is 11.5 Å². The number of carbonyl (C=O) groups is 1. The lowest BCUT2D eigenvalue weighted by atomic mass is 10.1. The highest BCUT2D eigenvalue weighted by atomic mass is 16.7. The monoisotopic (exact) mass is 371 g/mol. The quantitative estimate of drug-likeness (QED) is 0.801. The maximum Gasteiger partial charge on any atom is 0.248 e. The van der Waals surface area contributed by atoms with Crippen LogP contribution in [0.25, 0.3) is 0 Å². The van der Waals surface area contributed by atoms with E-state index in [4.69, 9.17) is 14.2 Å². The van der Waals surface area contributed by atoms with Gasteiger partial charge in [-0.1, -0.05) is 6.07 Å². The van der Waals surface area contributed by atoms with Crippen LogP contribution in [0.3, 0.4) is 0 Å². The highest BCUT2D eigenvalue weighted by Gasteiger charge is 2.24. The van der Waals surface area contributed by atoms with Crippen LogP contribution in [0.2, 0.25) is 0 Å². The number of aromatic nitrogens is 1. The summed E-state index contributed by atoms with van der Waals surface area (Å²) in [6.07, 6.45) is 2.03. The predicted octanol–water partition coefficient (Wildman–Crippen LogP) is 1.71. The van der Waals surface area contributed by atoms with E-state index in [1.807, 2.05) is 12.1 Å². The first-order valence-electron chi connectivity index (χ1n) is 9.15. The SMILES string of the molecule is CN(C)C(=O)COC1CN(Cc2ccc3c(c2)OCO3)Cc2cccn2C1. The van der Waals surface area contributed by atoms with E-state index in [1.165, 1.54) is 11.3 Å². The van der Waals surface area contributed by atoms with Crippen LogP contribution in [-0.4, -0.2) is 60.4 Å². The van der Waals surface area contributed by atoms with Crippen LogP contribution >= 0.6 is 0 Å². The molecule has 0 fully saturated rings. The minimum atomic E-state index is -0.0449. The molecular formula is C20H25N3O4. The first-order valence-corrected chi connectivity index (χ1v) is 9.15. The Balaban J connectivity index is 1.47. The molecule has 1 aromatic heterocycles. The number of ether oxygens (including phenoxy) is 3. The molecule has 0 saturated heterocycles. The molecule has 4 rings (SSSR count). The third-order valence-electron chi connectivity index (χ3n) is 4.96. The van der Waals surface area contributed by atoms with Crippen molar-refractivity contribution in [3.63, 3.8) is 0 Å². The Hall–Kier alpha value is -2.51. The fraction of sp³-hybridized carbons (Fsp3) is 0.450. The molecule has 1 aromatic carbocycles. The number of fused-ring (bicyclic) bond motifs is 2. The third kappa shape index (κ3) is 4.09. The molecule has 27 heavy (non-hydrogen) atoms. The Labute approximate surface area is 159 Å². The molecule has 2 aromatic rings. The van der Waals surface area contributed by atoms with Crippen LogP contribution in [0.4, 0.5) is 0 Å². The molecule has 144 valence electrons. The van der Waals surface area contributed by atoms with Crippen molar-refractivity contribution >= 4 is 5.91 Å². The van der Waals surface area contributed by atoms with Gasteiger partial charge >= 0.3 is 0 Å². The van der Waals surface area contributed by atoms with E-state index in [2.05, 4.69) is 33.9 Å². The number of hydrogen-bond acceptors (Lipinski definition) is 5. The van der Waals surface area contributed by atoms with Gasteiger partial charge in [-0.05, 0) is 29.8 Å². The van der Waals surface area contributed by atoms with Crippen molar-refractivity contribution in [2.24, 2.45) is 0 Å². The number of benzene rings is 1. The number of carbonyl (C=O) groups excluding carboxylic acids is 1. The van der Waals surface area contributed by atoms with E-state index in [9.17, 15) is 4.79 Å². The van der Waals surface area contributed by atoms with Crippen LogP contribution in [0.15, 0.2) is 36.5 Å². The molecule has 1 unspecified atom stereocenters. The smallest absolute Gasteiger partial charge is 0.248 e. The van der Waals surface area contributed by atoms with Crippen LogP contribution in [-0.2, 0) is 29.2 Å². The Morgan fingerprint density at radius 1 is 1.22 bits per heavy atom. The van der Waals surface area contributed by atoms with Gasteiger partial charge < -0.3 is 23.7 Å². The molecule has 1 amide bonds. The summed E-state index contributed by atoms with van der Waals surface area (Å²) in [6, 6.07) is 10.3. The lowest BCUT2D eigenvalue weighted by Gasteiger charge is -2.24. The second kappa shape index (κ2) is 7.62. The van der Waals surface area contributed by atoms with E-state index < -0.39 is 0 Å². The van der Waals surface area contributed by atoms with Gasteiger partial charge in [0.2, 0.25) is 12.7 Å². The van der Waals surface area contributed by atoms with E-state index in [1.54, 1.807) is 19.0 Å². The Morgan fingerprint density at radius 3 is 2.93 bits per heavy atom. The highest BCUT2D eigenvalue weighted by molar-refractivity contribution is 5.76. The third-order valence-corrected chi connectivity index (χ3v) is 4.96. The molecule has 0 N–H and O–H groups in total. The van der Waals surface area contributed by atoms with Crippen molar-refractivity contribution in [1.82, 2.24) is 14.4 Å². The average Bonchev–Trinajstić information content (AvgIpc) is 3.25. The summed E-state index contributed by atoms with van der Waals surface area (Å²) in [4.78, 5) is 15.8. The molecule has 7 nitrogen and oxygen atoms in total. The van der Waals surface area contributed by atoms with Gasteiger partial charge in [-0.25, -0.2) is 0 Å². The van der Waals surface area contributed by atoms with Crippen molar-refractivity contribution < 1.29 is 19.0 Å². The summed E-state index contributed by atoms with van der Waals surface area (Å²) in [5, 5.41) is 0. The number of rotatable bonds is 5. The average molecular weight is 371 g/mol. The van der Waals surface area contributed by atoms with Crippen molar-refractivity contribution in [3.05, 3.63) is 47.8 Å². The van der Waals surface area contributed by atoms with Crippen molar-refractivity contribution in [3.8, 4) is 11.5 Å². The second-order valence-corrected chi connectivity index (χ2v) is 7.23. The van der Waals surface area contributed by atoms with Gasteiger partial charge in [0.1, 0.15) is 6.61 Å². The number of likely N-dealkylation sites (N-methyl/N-ethyl adjacent to an activating group) is 1. The summed E-state index contributed by atoms with van der Waals surface area (Å²) in [5.41, 5.74) is 2.42. The molecule has 2 aliphatic heterocycles. The van der Waals surface area contributed by atoms with Crippen molar-refractivity contribution in [2.75, 3.05) is 34.0 Å². The fourth-order valence-corrected chi connectivity index (χ4v) is 3.47. The molecule has 2 aliphatic rings. The summed E-state index contributed by atoms with van der Waals surface area (Å²) < 4.78 is 19.1. The summed E-state index contributed by atoms with van der Waals surface area (Å²) in [7, 11) is 3.49. The van der Waals surface area contributed by atoms with E-state index >= 15 is 0 Å². The van der Waals surface area contributed by atoms with Crippen LogP contribution in [0.1, 0.15) is 11.3 Å². The number of hydrogen-bond donors (Lipinski definition) is 0. The lowest BCUT2D eigenvalue weighted by Crippen LogP contribution is -2.36. The van der Waals surface area contributed by atoms with Gasteiger partial charge in [-0.15, -0.1) is 0 Å². The van der Waals surface area contributed by atoms with Gasteiger partial charge in [0, 0.05) is 52.2 Å². The van der Waals surface area contributed by atoms with E-state index in [0.717, 1.165) is 37.7 Å². The summed E-state index contributed by atoms with van der Waals surface area (Å²) in [5.74, 6) is 1.58. The zero-order valence-corrected chi connectivity index (χ0v) is 15.8. The standard InChI is InChI=1S/C20H25N3O4/c1-21(2)20(24)13-25-17-11-22(10-16-4-3-7-23(16)12-17)9-15-5-6-18-19(8-15)27-14-26-18/h3-8,17H,9-14H2,1-2H3. The summed E-state index contributed by atoms with van der Waals surface area (Å²) in [6.45, 7) is 3.52. The Kier molecular flexibility index (Phi) is 5.05. The zero-order chi connectivity index (χ0) is 18.8. The number of amides is 1. The van der Waals surface area contributed by atoms with Crippen LogP contribution < -0.4 is 9.47 Å². The minimum absolute atomic E-state index is 0.0192. The van der Waals surface area contributed by atoms with Crippen LogP contribution in [0.5, 0.6) is 11.5 Å². The molecular weight excluding hydrogens is 346 g/mol. The van der Waals surface area contributed by atoms with Gasteiger partial charge in [-0.2, -0.15) is 0 Å². The van der Waals surface area contributed by atoms with Crippen LogP contribution in [0, 0.1) is 0 Å². The molecule has 7 heteroatoms. The Morgan fingerprint density at radius 2 is 2.07 bits per heavy atom. The van der Waals surface area contributed by atoms with Gasteiger partial charge in [0.05, 0.1) is 6.10 Å². The number of nitrogens with zero attached hydrogens (tertiary/aromatic N) is 3. The molecule has 1 atom stereocenters. The second-order valence-electron chi connectivity index (χ2n) is 7.23. The van der Waals surface area contributed by atoms with Gasteiger partial charge in [0.25, 0.3) is 0 Å². The summed E-state index contributed by atoms with van der Waals surface area (Å²) >= 11 is 0. The van der Waals surface area contributed by atoms with Crippen molar-refractivity contribution in [2.45, 2.75) is 25.7 Å². The zero-order valence-electron chi connectivity index (χ0n) is 15.8. The molecule has 0 saturated carbocycles.